The largest absolute Gasteiger partial charge is 0.385 e. The average molecular weight is 232 g/mol. The molecule has 0 bridgehead atoms. The van der Waals surface area contributed by atoms with Gasteiger partial charge in [0.15, 0.2) is 5.78 Å². The number of nitrogens with two attached hydrogens (primary N) is 1. The van der Waals surface area contributed by atoms with E-state index >= 15 is 0 Å². The van der Waals surface area contributed by atoms with Gasteiger partial charge in [-0.1, -0.05) is 37.1 Å². The number of carbonyl (C=O) groups excluding carboxylic acids is 1. The molecule has 0 amide bonds. The number of aliphatic hydroxyl groups excluding tert-OH is 1. The number of hydrogen-bond acceptors (Lipinski definition) is 3. The van der Waals surface area contributed by atoms with Gasteiger partial charge in [0.2, 0.25) is 0 Å². The molecule has 1 fully saturated rings. The van der Waals surface area contributed by atoms with Crippen LogP contribution in [-0.2, 0) is 0 Å². The molecule has 90 valence electrons. The van der Waals surface area contributed by atoms with Crippen LogP contribution in [-0.4, -0.2) is 22.8 Å². The van der Waals surface area contributed by atoms with Crippen molar-refractivity contribution in [3.63, 3.8) is 0 Å². The zero-order valence-corrected chi connectivity index (χ0v) is 9.52. The Hall–Kier alpha value is -1.68. The molecule has 1 aliphatic carbocycles. The van der Waals surface area contributed by atoms with Crippen molar-refractivity contribution in [2.24, 2.45) is 11.7 Å². The first kappa shape index (κ1) is 11.8. The number of Topliss-reactive ketones (excluding diaryl/α,β-unsaturated/α-hetero) is 1. The predicted molar refractivity (Wildman–Crippen MR) is 65.1 cm³/mol. The SMILES string of the molecule is N=C(N)c1ccc(C(=O)C(O)CC2CC2)cc1. The Kier molecular flexibility index (Phi) is 3.24. The van der Waals surface area contributed by atoms with Crippen molar-refractivity contribution in [2.75, 3.05) is 0 Å². The van der Waals surface area contributed by atoms with E-state index in [2.05, 4.69) is 0 Å². The maximum absolute atomic E-state index is 11.9. The molecule has 4 heteroatoms. The van der Waals surface area contributed by atoms with Gasteiger partial charge in [0.1, 0.15) is 11.9 Å². The summed E-state index contributed by atoms with van der Waals surface area (Å²) in [5, 5.41) is 17.0. The molecule has 1 atom stereocenters. The molecule has 1 aromatic rings. The van der Waals surface area contributed by atoms with E-state index in [1.54, 1.807) is 24.3 Å². The van der Waals surface area contributed by atoms with Crippen molar-refractivity contribution in [1.29, 1.82) is 5.41 Å². The number of hydrogen-bond donors (Lipinski definition) is 3. The number of ketones is 1. The van der Waals surface area contributed by atoms with Gasteiger partial charge in [0.25, 0.3) is 0 Å². The van der Waals surface area contributed by atoms with Crippen molar-refractivity contribution in [3.8, 4) is 0 Å². The highest BCUT2D eigenvalue weighted by atomic mass is 16.3. The summed E-state index contributed by atoms with van der Waals surface area (Å²) in [6, 6.07) is 6.46. The molecule has 0 heterocycles. The van der Waals surface area contributed by atoms with Crippen LogP contribution in [0.3, 0.4) is 0 Å². The molecule has 17 heavy (non-hydrogen) atoms. The van der Waals surface area contributed by atoms with Crippen LogP contribution < -0.4 is 5.73 Å². The Bertz CT molecular complexity index is 435. The van der Waals surface area contributed by atoms with Gasteiger partial charge in [-0.2, -0.15) is 0 Å². The van der Waals surface area contributed by atoms with Crippen LogP contribution in [0.1, 0.15) is 35.2 Å². The van der Waals surface area contributed by atoms with Gasteiger partial charge in [0, 0.05) is 11.1 Å². The van der Waals surface area contributed by atoms with E-state index in [1.807, 2.05) is 0 Å². The molecule has 0 aromatic heterocycles. The first-order valence-corrected chi connectivity index (χ1v) is 5.74. The van der Waals surface area contributed by atoms with E-state index in [9.17, 15) is 9.90 Å². The second kappa shape index (κ2) is 4.67. The van der Waals surface area contributed by atoms with Gasteiger partial charge >= 0.3 is 0 Å². The van der Waals surface area contributed by atoms with Crippen LogP contribution in [0.2, 0.25) is 0 Å². The lowest BCUT2D eigenvalue weighted by Gasteiger charge is -2.09. The fraction of sp³-hybridized carbons (Fsp3) is 0.385. The van der Waals surface area contributed by atoms with Crippen LogP contribution in [0.15, 0.2) is 24.3 Å². The number of benzene rings is 1. The second-order valence-corrected chi connectivity index (χ2v) is 4.55. The van der Waals surface area contributed by atoms with E-state index in [4.69, 9.17) is 11.1 Å². The molecule has 4 N–H and O–H groups in total. The Morgan fingerprint density at radius 2 is 1.88 bits per heavy atom. The monoisotopic (exact) mass is 232 g/mol. The number of carbonyl (C=O) groups is 1. The molecular formula is C13H16N2O2. The quantitative estimate of drug-likeness (QED) is 0.406. The maximum atomic E-state index is 11.9. The maximum Gasteiger partial charge on any atom is 0.191 e. The van der Waals surface area contributed by atoms with E-state index in [1.165, 1.54) is 0 Å². The summed E-state index contributed by atoms with van der Waals surface area (Å²) in [5.41, 5.74) is 6.38. The van der Waals surface area contributed by atoms with Crippen molar-refractivity contribution in [3.05, 3.63) is 35.4 Å². The van der Waals surface area contributed by atoms with E-state index in [-0.39, 0.29) is 11.6 Å². The fourth-order valence-corrected chi connectivity index (χ4v) is 1.78. The first-order chi connectivity index (χ1) is 8.08. The number of amidine groups is 1. The number of nitrogen functional groups attached to an aromatic ring is 1. The third kappa shape index (κ3) is 2.91. The second-order valence-electron chi connectivity index (χ2n) is 4.55. The summed E-state index contributed by atoms with van der Waals surface area (Å²) >= 11 is 0. The third-order valence-corrected chi connectivity index (χ3v) is 3.04. The number of nitrogens with one attached hydrogen (secondary N) is 1. The highest BCUT2D eigenvalue weighted by Gasteiger charge is 2.28. The molecule has 0 aliphatic heterocycles. The topological polar surface area (TPSA) is 87.2 Å². The van der Waals surface area contributed by atoms with Crippen molar-refractivity contribution >= 4 is 11.6 Å². The van der Waals surface area contributed by atoms with Crippen molar-refractivity contribution in [2.45, 2.75) is 25.4 Å². The molecule has 0 saturated heterocycles. The molecule has 1 saturated carbocycles. The standard InChI is InChI=1S/C13H16N2O2/c14-13(15)10-5-3-9(4-6-10)12(17)11(16)7-8-1-2-8/h3-6,8,11,16H,1-2,7H2,(H3,14,15). The van der Waals surface area contributed by atoms with Gasteiger partial charge in [-0.05, 0) is 12.3 Å². The van der Waals surface area contributed by atoms with E-state index in [0.717, 1.165) is 12.8 Å². The molecule has 4 nitrogen and oxygen atoms in total. The minimum Gasteiger partial charge on any atom is -0.385 e. The van der Waals surface area contributed by atoms with Crippen LogP contribution in [0, 0.1) is 11.3 Å². The minimum absolute atomic E-state index is 0.0254. The first-order valence-electron chi connectivity index (χ1n) is 5.74. The molecule has 0 spiro atoms. The van der Waals surface area contributed by atoms with Gasteiger partial charge < -0.3 is 10.8 Å². The van der Waals surface area contributed by atoms with Crippen LogP contribution in [0.5, 0.6) is 0 Å². The lowest BCUT2D eigenvalue weighted by molar-refractivity contribution is 0.0719. The highest BCUT2D eigenvalue weighted by Crippen LogP contribution is 2.34. The zero-order valence-electron chi connectivity index (χ0n) is 9.52. The summed E-state index contributed by atoms with van der Waals surface area (Å²) in [5.74, 6) is 0.250. The molecule has 0 radical (unpaired) electrons. The third-order valence-electron chi connectivity index (χ3n) is 3.04. The molecule has 1 unspecified atom stereocenters. The fourth-order valence-electron chi connectivity index (χ4n) is 1.78. The Morgan fingerprint density at radius 1 is 1.35 bits per heavy atom. The molecular weight excluding hydrogens is 216 g/mol. The van der Waals surface area contributed by atoms with Gasteiger partial charge in [0.05, 0.1) is 0 Å². The Balaban J connectivity index is 2.05. The van der Waals surface area contributed by atoms with Crippen molar-refractivity contribution in [1.82, 2.24) is 0 Å². The lowest BCUT2D eigenvalue weighted by atomic mass is 10.0. The van der Waals surface area contributed by atoms with Crippen molar-refractivity contribution < 1.29 is 9.90 Å². The molecule has 2 rings (SSSR count). The van der Waals surface area contributed by atoms with Gasteiger partial charge in [-0.3, -0.25) is 10.2 Å². The highest BCUT2D eigenvalue weighted by molar-refractivity contribution is 6.01. The Morgan fingerprint density at radius 3 is 2.35 bits per heavy atom. The number of rotatable bonds is 5. The van der Waals surface area contributed by atoms with Crippen LogP contribution in [0.25, 0.3) is 0 Å². The summed E-state index contributed by atoms with van der Waals surface area (Å²) in [7, 11) is 0. The molecule has 1 aromatic carbocycles. The molecule has 1 aliphatic rings. The predicted octanol–water partition coefficient (Wildman–Crippen LogP) is 1.31. The van der Waals surface area contributed by atoms with Gasteiger partial charge in [-0.25, -0.2) is 0 Å². The lowest BCUT2D eigenvalue weighted by Crippen LogP contribution is -2.21. The van der Waals surface area contributed by atoms with E-state index in [0.29, 0.717) is 23.5 Å². The minimum atomic E-state index is -0.898. The smallest absolute Gasteiger partial charge is 0.191 e. The normalized spacial score (nSPS) is 16.5. The summed E-state index contributed by atoms with van der Waals surface area (Å²) in [6.07, 6.45) is 1.90. The van der Waals surface area contributed by atoms with Crippen LogP contribution in [0.4, 0.5) is 0 Å². The van der Waals surface area contributed by atoms with Gasteiger partial charge in [-0.15, -0.1) is 0 Å². The van der Waals surface area contributed by atoms with Crippen LogP contribution >= 0.6 is 0 Å². The van der Waals surface area contributed by atoms with E-state index < -0.39 is 6.10 Å². The summed E-state index contributed by atoms with van der Waals surface area (Å²) in [4.78, 5) is 11.9. The average Bonchev–Trinajstić information content (AvgIpc) is 3.12. The number of aliphatic hydroxyl groups is 1. The summed E-state index contributed by atoms with van der Waals surface area (Å²) in [6.45, 7) is 0. The zero-order chi connectivity index (χ0) is 12.4. The Labute approximate surface area is 100.0 Å². The summed E-state index contributed by atoms with van der Waals surface area (Å²) < 4.78 is 0.